The Labute approximate surface area is 143 Å². The number of esters is 2. The van der Waals surface area contributed by atoms with E-state index in [0.717, 1.165) is 12.0 Å². The Kier molecular flexibility index (Phi) is 8.90. The van der Waals surface area contributed by atoms with Crippen LogP contribution in [0, 0.1) is 0 Å². The van der Waals surface area contributed by atoms with Gasteiger partial charge < -0.3 is 9.47 Å². The van der Waals surface area contributed by atoms with Crippen LogP contribution in [0.25, 0.3) is 0 Å². The number of carbonyl (C=O) groups excluding carboxylic acids is 2. The number of ether oxygens (including phenoxy) is 2. The minimum absolute atomic E-state index is 0.149. The number of carbonyl (C=O) groups is 2. The van der Waals surface area contributed by atoms with E-state index >= 15 is 0 Å². The van der Waals surface area contributed by atoms with E-state index in [2.05, 4.69) is 0 Å². The minimum Gasteiger partial charge on any atom is -0.466 e. The summed E-state index contributed by atoms with van der Waals surface area (Å²) in [7, 11) is 0. The lowest BCUT2D eigenvalue weighted by Gasteiger charge is -2.11. The van der Waals surface area contributed by atoms with E-state index in [1.165, 1.54) is 19.4 Å². The van der Waals surface area contributed by atoms with Gasteiger partial charge in [0, 0.05) is 20.3 Å². The van der Waals surface area contributed by atoms with E-state index in [-0.39, 0.29) is 18.0 Å². The molecule has 0 aliphatic rings. The molecule has 0 bridgehead atoms. The molecule has 0 radical (unpaired) electrons. The zero-order valence-corrected chi connectivity index (χ0v) is 14.4. The predicted octanol–water partition coefficient (Wildman–Crippen LogP) is 4.10. The Balaban J connectivity index is 0.000000240. The van der Waals surface area contributed by atoms with Crippen LogP contribution < -0.4 is 0 Å². The van der Waals surface area contributed by atoms with Gasteiger partial charge in [-0.2, -0.15) is 0 Å². The molecule has 0 fully saturated rings. The smallest absolute Gasteiger partial charge is 0.303 e. The van der Waals surface area contributed by atoms with Crippen LogP contribution in [0.1, 0.15) is 38.0 Å². The molecule has 1 atom stereocenters. The molecule has 0 saturated heterocycles. The SMILES string of the molecule is CC(=O)OC(C)c1ccccc1.CC(=O)OCCc1ccccc1. The average Bonchev–Trinajstić information content (AvgIpc) is 2.56. The second-order valence-electron chi connectivity index (χ2n) is 5.24. The number of benzene rings is 2. The Morgan fingerprint density at radius 3 is 1.92 bits per heavy atom. The topological polar surface area (TPSA) is 52.6 Å². The molecule has 0 aromatic heterocycles. The van der Waals surface area contributed by atoms with Crippen molar-refractivity contribution in [1.29, 1.82) is 0 Å². The van der Waals surface area contributed by atoms with Crippen molar-refractivity contribution in [3.63, 3.8) is 0 Å². The van der Waals surface area contributed by atoms with Crippen LogP contribution in [0.15, 0.2) is 60.7 Å². The highest BCUT2D eigenvalue weighted by Gasteiger charge is 2.06. The van der Waals surface area contributed by atoms with Gasteiger partial charge >= 0.3 is 11.9 Å². The maximum absolute atomic E-state index is 10.6. The van der Waals surface area contributed by atoms with Crippen molar-refractivity contribution in [3.8, 4) is 0 Å². The van der Waals surface area contributed by atoms with Crippen LogP contribution in [0.3, 0.4) is 0 Å². The van der Waals surface area contributed by atoms with E-state index in [9.17, 15) is 9.59 Å². The Morgan fingerprint density at radius 2 is 1.42 bits per heavy atom. The first kappa shape index (κ1) is 19.4. The van der Waals surface area contributed by atoms with E-state index in [0.29, 0.717) is 6.61 Å². The lowest BCUT2D eigenvalue weighted by molar-refractivity contribution is -0.146. The fourth-order valence-electron chi connectivity index (χ4n) is 2.00. The Bertz CT molecular complexity index is 608. The molecule has 0 aliphatic heterocycles. The van der Waals surface area contributed by atoms with Crippen molar-refractivity contribution in [2.45, 2.75) is 33.3 Å². The summed E-state index contributed by atoms with van der Waals surface area (Å²) in [6.07, 6.45) is 0.643. The van der Waals surface area contributed by atoms with Crippen molar-refractivity contribution in [3.05, 3.63) is 71.8 Å². The second-order valence-corrected chi connectivity index (χ2v) is 5.24. The van der Waals surface area contributed by atoms with Gasteiger partial charge in [-0.15, -0.1) is 0 Å². The second kappa shape index (κ2) is 11.0. The summed E-state index contributed by atoms with van der Waals surface area (Å²) in [5.74, 6) is -0.461. The zero-order valence-electron chi connectivity index (χ0n) is 14.4. The van der Waals surface area contributed by atoms with Crippen LogP contribution in [-0.2, 0) is 25.5 Å². The molecular weight excluding hydrogens is 304 g/mol. The van der Waals surface area contributed by atoms with Crippen molar-refractivity contribution < 1.29 is 19.1 Å². The number of rotatable bonds is 5. The molecule has 24 heavy (non-hydrogen) atoms. The fourth-order valence-corrected chi connectivity index (χ4v) is 2.00. The first-order valence-electron chi connectivity index (χ1n) is 7.88. The monoisotopic (exact) mass is 328 g/mol. The highest BCUT2D eigenvalue weighted by atomic mass is 16.5. The number of hydrogen-bond acceptors (Lipinski definition) is 4. The third-order valence-corrected chi connectivity index (χ3v) is 3.15. The van der Waals surface area contributed by atoms with Gasteiger partial charge in [-0.1, -0.05) is 60.7 Å². The van der Waals surface area contributed by atoms with Gasteiger partial charge in [-0.25, -0.2) is 0 Å². The molecule has 0 amide bonds. The van der Waals surface area contributed by atoms with Crippen molar-refractivity contribution in [2.75, 3.05) is 6.61 Å². The van der Waals surface area contributed by atoms with E-state index in [1.54, 1.807) is 0 Å². The molecule has 0 heterocycles. The Morgan fingerprint density at radius 1 is 0.875 bits per heavy atom. The van der Waals surface area contributed by atoms with E-state index < -0.39 is 0 Å². The highest BCUT2D eigenvalue weighted by Crippen LogP contribution is 2.15. The molecule has 0 N–H and O–H groups in total. The van der Waals surface area contributed by atoms with Gasteiger partial charge in [-0.05, 0) is 18.1 Å². The van der Waals surface area contributed by atoms with Crippen molar-refractivity contribution >= 4 is 11.9 Å². The predicted molar refractivity (Wildman–Crippen MR) is 93.4 cm³/mol. The molecule has 0 saturated carbocycles. The van der Waals surface area contributed by atoms with Crippen LogP contribution in [0.4, 0.5) is 0 Å². The molecule has 0 aliphatic carbocycles. The molecular formula is C20H24O4. The number of hydrogen-bond donors (Lipinski definition) is 0. The molecule has 128 valence electrons. The lowest BCUT2D eigenvalue weighted by atomic mass is 10.1. The maximum atomic E-state index is 10.6. The van der Waals surface area contributed by atoms with Gasteiger partial charge in [0.2, 0.25) is 0 Å². The van der Waals surface area contributed by atoms with Crippen LogP contribution in [-0.4, -0.2) is 18.5 Å². The van der Waals surface area contributed by atoms with Crippen LogP contribution in [0.2, 0.25) is 0 Å². The third-order valence-electron chi connectivity index (χ3n) is 3.15. The van der Waals surface area contributed by atoms with Crippen molar-refractivity contribution in [1.82, 2.24) is 0 Å². The van der Waals surface area contributed by atoms with Gasteiger partial charge in [0.05, 0.1) is 6.61 Å². The summed E-state index contributed by atoms with van der Waals surface area (Å²) >= 11 is 0. The van der Waals surface area contributed by atoms with Gasteiger partial charge in [0.15, 0.2) is 0 Å². The summed E-state index contributed by atoms with van der Waals surface area (Å²) in [6, 6.07) is 19.6. The lowest BCUT2D eigenvalue weighted by Crippen LogP contribution is -2.04. The van der Waals surface area contributed by atoms with E-state index in [1.807, 2.05) is 67.6 Å². The fraction of sp³-hybridized carbons (Fsp3) is 0.300. The quantitative estimate of drug-likeness (QED) is 0.775. The molecule has 4 nitrogen and oxygen atoms in total. The molecule has 2 aromatic rings. The van der Waals surface area contributed by atoms with Crippen LogP contribution in [0.5, 0.6) is 0 Å². The summed E-state index contributed by atoms with van der Waals surface area (Å²) in [5.41, 5.74) is 2.21. The Hall–Kier alpha value is -2.62. The summed E-state index contributed by atoms with van der Waals surface area (Å²) < 4.78 is 9.80. The van der Waals surface area contributed by atoms with Crippen LogP contribution >= 0.6 is 0 Å². The first-order valence-corrected chi connectivity index (χ1v) is 7.88. The van der Waals surface area contributed by atoms with Gasteiger partial charge in [0.25, 0.3) is 0 Å². The minimum atomic E-state index is -0.244. The van der Waals surface area contributed by atoms with Gasteiger partial charge in [-0.3, -0.25) is 9.59 Å². The summed E-state index contributed by atoms with van der Waals surface area (Å²) in [4.78, 5) is 21.0. The molecule has 4 heteroatoms. The zero-order chi connectivity index (χ0) is 17.8. The third kappa shape index (κ3) is 8.73. The largest absolute Gasteiger partial charge is 0.466 e. The van der Waals surface area contributed by atoms with E-state index in [4.69, 9.17) is 9.47 Å². The summed E-state index contributed by atoms with van der Waals surface area (Å²) in [5, 5.41) is 0. The van der Waals surface area contributed by atoms with Crippen molar-refractivity contribution in [2.24, 2.45) is 0 Å². The summed E-state index contributed by atoms with van der Waals surface area (Å²) in [6.45, 7) is 5.17. The standard InChI is InChI=1S/2C10H12O2/c1-8(12-9(2)11)10-6-4-3-5-7-10;1-9(11)12-8-7-10-5-3-2-4-6-10/h3-8H,1-2H3;2-6H,7-8H2,1H3. The molecule has 0 spiro atoms. The molecule has 1 unspecified atom stereocenters. The maximum Gasteiger partial charge on any atom is 0.303 e. The molecule has 2 rings (SSSR count). The highest BCUT2D eigenvalue weighted by molar-refractivity contribution is 5.66. The van der Waals surface area contributed by atoms with Gasteiger partial charge in [0.1, 0.15) is 6.10 Å². The normalized spacial score (nSPS) is 10.8. The molecule has 2 aromatic carbocycles. The first-order chi connectivity index (χ1) is 11.5. The average molecular weight is 328 g/mol.